The first-order valence-electron chi connectivity index (χ1n) is 7.40. The van der Waals surface area contributed by atoms with Crippen LogP contribution in [0, 0.1) is 0 Å². The minimum atomic E-state index is -3.61. The van der Waals surface area contributed by atoms with Gasteiger partial charge in [0, 0.05) is 76.0 Å². The fraction of sp³-hybridized carbons (Fsp3) is 1.00. The molecule has 0 atom stereocenters. The van der Waals surface area contributed by atoms with Gasteiger partial charge in [-0.2, -0.15) is 0 Å². The molecule has 16 heteroatoms. The lowest BCUT2D eigenvalue weighted by Crippen LogP contribution is -2.38. The summed E-state index contributed by atoms with van der Waals surface area (Å²) in [6.07, 6.45) is 0. The van der Waals surface area contributed by atoms with E-state index in [1.54, 1.807) is 42.7 Å². The monoisotopic (exact) mass is 554 g/mol. The second-order valence-electron chi connectivity index (χ2n) is 5.06. The predicted octanol–water partition coefficient (Wildman–Crippen LogP) is 1.89. The second-order valence-corrected chi connectivity index (χ2v) is 15.2. The minimum Gasteiger partial charge on any atom is -0.390 e. The average molecular weight is 555 g/mol. The van der Waals surface area contributed by atoms with Gasteiger partial charge in [-0.05, 0) is 0 Å². The lowest BCUT2D eigenvalue weighted by Gasteiger charge is -2.18. The Morgan fingerprint density at radius 3 is 0.469 bits per heavy atom. The van der Waals surface area contributed by atoms with Crippen LogP contribution in [0.15, 0.2) is 0 Å². The van der Waals surface area contributed by atoms with E-state index in [9.17, 15) is 0 Å². The Bertz CT molecular complexity index is 281. The normalized spacial score (nSPS) is 10.1. The zero-order valence-corrected chi connectivity index (χ0v) is 22.1. The highest BCUT2D eigenvalue weighted by atomic mass is 28.4. The van der Waals surface area contributed by atoms with E-state index in [1.807, 2.05) is 13.1 Å². The van der Waals surface area contributed by atoms with E-state index in [2.05, 4.69) is 4.43 Å². The summed E-state index contributed by atoms with van der Waals surface area (Å²) in [4.78, 5) is 39.9. The molecule has 5 N–H and O–H groups in total. The van der Waals surface area contributed by atoms with Crippen LogP contribution in [0.2, 0.25) is 26.2 Å². The van der Waals surface area contributed by atoms with Crippen LogP contribution in [-0.4, -0.2) is 109 Å². The average Bonchev–Trinajstić information content (AvgIpc) is 2.59. The summed E-state index contributed by atoms with van der Waals surface area (Å²) >= 11 is 0. The Labute approximate surface area is 203 Å². The molecule has 0 aliphatic heterocycles. The smallest absolute Gasteiger partial charge is 0.390 e. The first-order valence-corrected chi connectivity index (χ1v) is 16.5. The molecule has 0 radical (unpaired) electrons. The molecule has 0 aliphatic rings. The van der Waals surface area contributed by atoms with Gasteiger partial charge in [0.1, 0.15) is 0 Å². The lowest BCUT2D eigenvalue weighted by atomic mass is 11.8. The highest BCUT2D eigenvalue weighted by Crippen LogP contribution is 2.02. The molecule has 0 aromatic carbocycles. The van der Waals surface area contributed by atoms with E-state index in [0.29, 0.717) is 0 Å². The van der Waals surface area contributed by atoms with Gasteiger partial charge in [0.25, 0.3) is 0 Å². The summed E-state index contributed by atoms with van der Waals surface area (Å²) in [5.74, 6) is 0. The number of hydrogen-bond acceptors (Lipinski definition) is 12. The highest BCUT2D eigenvalue weighted by Gasteiger charge is 2.30. The van der Waals surface area contributed by atoms with Gasteiger partial charge in [-0.3, -0.25) is 0 Å². The molecule has 0 heterocycles. The molecule has 0 saturated carbocycles. The van der Waals surface area contributed by atoms with E-state index in [1.165, 1.54) is 13.7 Å². The van der Waals surface area contributed by atoms with Gasteiger partial charge in [-0.1, -0.05) is 37.1 Å². The molecule has 32 heavy (non-hydrogen) atoms. The third kappa shape index (κ3) is 57.4. The maximum atomic E-state index is 8.30. The van der Waals surface area contributed by atoms with Crippen molar-refractivity contribution in [2.75, 3.05) is 49.8 Å². The maximum Gasteiger partial charge on any atom is 0.496 e. The Balaban J connectivity index is -0.0000000304. The fourth-order valence-electron chi connectivity index (χ4n) is 0.500. The molecular formula is C16H58O12Si4. The second kappa shape index (κ2) is 29.4. The summed E-state index contributed by atoms with van der Waals surface area (Å²) in [5.41, 5.74) is 0. The largest absolute Gasteiger partial charge is 0.496 e. The summed E-state index contributed by atoms with van der Waals surface area (Å²) < 4.78 is 33.8. The van der Waals surface area contributed by atoms with Crippen LogP contribution in [-0.2, 0) is 31.0 Å². The van der Waals surface area contributed by atoms with Crippen molar-refractivity contribution in [3.8, 4) is 0 Å². The van der Waals surface area contributed by atoms with Gasteiger partial charge in [0.05, 0.1) is 0 Å². The highest BCUT2D eigenvalue weighted by molar-refractivity contribution is 6.59. The molecule has 210 valence electrons. The van der Waals surface area contributed by atoms with Crippen molar-refractivity contribution in [3.63, 3.8) is 0 Å². The zero-order chi connectivity index (χ0) is 22.9. The SMILES string of the molecule is C.C.C.C.C.CO[Si](C)(O)O.CO[Si](C)(OC)OC.CO[Si](C)(OC)OC.C[Si](O)(O)O. The van der Waals surface area contributed by atoms with Crippen molar-refractivity contribution in [2.45, 2.75) is 63.3 Å². The van der Waals surface area contributed by atoms with Gasteiger partial charge < -0.3 is 55.0 Å². The first kappa shape index (κ1) is 58.3. The summed E-state index contributed by atoms with van der Waals surface area (Å²) in [5, 5.41) is 0. The minimum absolute atomic E-state index is 0. The standard InChI is InChI=1S/2C4H12O3Si.C2H8O3Si.CH6O3Si.5CH4/c2*1-5-8(4,6-2)7-3;1-5-6(2,3)4;1-5(2,3)4;;;;;/h2*1-4H3;3-4H,1-2H3;2-4H,1H3;5*1H4. The van der Waals surface area contributed by atoms with E-state index in [-0.39, 0.29) is 37.1 Å². The van der Waals surface area contributed by atoms with Gasteiger partial charge in [-0.15, -0.1) is 0 Å². The molecule has 0 aromatic heterocycles. The van der Waals surface area contributed by atoms with E-state index in [4.69, 9.17) is 50.5 Å². The van der Waals surface area contributed by atoms with Crippen LogP contribution in [0.4, 0.5) is 0 Å². The maximum absolute atomic E-state index is 8.30. The summed E-state index contributed by atoms with van der Waals surface area (Å²) in [7, 11) is -0.319. The van der Waals surface area contributed by atoms with Crippen LogP contribution in [0.25, 0.3) is 0 Å². The van der Waals surface area contributed by atoms with Crippen molar-refractivity contribution in [3.05, 3.63) is 0 Å². The Morgan fingerprint density at radius 1 is 0.375 bits per heavy atom. The molecular weight excluding hydrogens is 497 g/mol. The van der Waals surface area contributed by atoms with Crippen LogP contribution >= 0.6 is 0 Å². The van der Waals surface area contributed by atoms with Crippen LogP contribution in [0.5, 0.6) is 0 Å². The molecule has 12 nitrogen and oxygen atoms in total. The molecule has 0 bridgehead atoms. The molecule has 0 fully saturated rings. The van der Waals surface area contributed by atoms with Gasteiger partial charge in [0.15, 0.2) is 0 Å². The van der Waals surface area contributed by atoms with Gasteiger partial charge in [-0.25, -0.2) is 0 Å². The Morgan fingerprint density at radius 2 is 0.469 bits per heavy atom. The zero-order valence-electron chi connectivity index (χ0n) is 18.1. The van der Waals surface area contributed by atoms with Crippen LogP contribution in [0.3, 0.4) is 0 Å². The van der Waals surface area contributed by atoms with E-state index < -0.39 is 35.2 Å². The molecule has 0 unspecified atom stereocenters. The predicted molar refractivity (Wildman–Crippen MR) is 140 cm³/mol. The lowest BCUT2D eigenvalue weighted by molar-refractivity contribution is 0.131. The summed E-state index contributed by atoms with van der Waals surface area (Å²) in [6.45, 7) is 5.92. The number of hydrogen-bond donors (Lipinski definition) is 5. The van der Waals surface area contributed by atoms with Crippen molar-refractivity contribution >= 4 is 35.2 Å². The van der Waals surface area contributed by atoms with E-state index in [0.717, 1.165) is 6.55 Å². The molecule has 0 aliphatic carbocycles. The van der Waals surface area contributed by atoms with Gasteiger partial charge in [0.2, 0.25) is 0 Å². The van der Waals surface area contributed by atoms with Crippen molar-refractivity contribution < 1.29 is 55.0 Å². The number of rotatable bonds is 7. The molecule has 0 amide bonds. The molecule has 0 aromatic rings. The fourth-order valence-corrected chi connectivity index (χ4v) is 1.50. The molecule has 0 spiro atoms. The van der Waals surface area contributed by atoms with Crippen molar-refractivity contribution in [2.24, 2.45) is 0 Å². The van der Waals surface area contributed by atoms with Crippen LogP contribution < -0.4 is 0 Å². The quantitative estimate of drug-likeness (QED) is 0.290. The topological polar surface area (TPSA) is 166 Å². The van der Waals surface area contributed by atoms with Gasteiger partial charge >= 0.3 is 35.2 Å². The Kier molecular flexibility index (Phi) is 53.6. The first-order chi connectivity index (χ1) is 11.9. The van der Waals surface area contributed by atoms with Crippen LogP contribution in [0.1, 0.15) is 37.1 Å². The third-order valence-corrected chi connectivity index (χ3v) is 7.83. The van der Waals surface area contributed by atoms with Crippen molar-refractivity contribution in [1.82, 2.24) is 0 Å². The molecule has 0 saturated heterocycles. The third-order valence-electron chi connectivity index (χ3n) is 2.61. The molecule has 0 rings (SSSR count). The van der Waals surface area contributed by atoms with E-state index >= 15 is 0 Å². The summed E-state index contributed by atoms with van der Waals surface area (Å²) in [6, 6.07) is 0. The van der Waals surface area contributed by atoms with Crippen molar-refractivity contribution in [1.29, 1.82) is 0 Å². The Hall–Kier alpha value is 0.388.